The molecular weight excluding hydrogens is 290 g/mol. The topological polar surface area (TPSA) is 28.2 Å². The molecule has 0 radical (unpaired) electrons. The van der Waals surface area contributed by atoms with E-state index in [0.29, 0.717) is 6.04 Å². The third-order valence-electron chi connectivity index (χ3n) is 3.68. The highest BCUT2D eigenvalue weighted by Crippen LogP contribution is 2.20. The molecule has 18 heavy (non-hydrogen) atoms. The molecule has 2 rings (SSSR count). The van der Waals surface area contributed by atoms with E-state index in [1.807, 2.05) is 6.07 Å². The summed E-state index contributed by atoms with van der Waals surface area (Å²) in [6.07, 6.45) is 3.77. The highest BCUT2D eigenvalue weighted by atomic mass is 79.9. The van der Waals surface area contributed by atoms with Crippen LogP contribution < -0.4 is 5.32 Å². The molecule has 0 aromatic carbocycles. The first kappa shape index (κ1) is 13.8. The Bertz CT molecular complexity index is 395. The quantitative estimate of drug-likeness (QED) is 0.867. The average Bonchev–Trinajstić information content (AvgIpc) is 2.58. The van der Waals surface area contributed by atoms with Crippen LogP contribution in [0.1, 0.15) is 31.9 Å². The second-order valence-electron chi connectivity index (χ2n) is 4.97. The molecule has 0 amide bonds. The van der Waals surface area contributed by atoms with Gasteiger partial charge in [0.15, 0.2) is 0 Å². The smallest absolute Gasteiger partial charge is 0.106 e. The third kappa shape index (κ3) is 3.69. The highest BCUT2D eigenvalue weighted by molar-refractivity contribution is 9.10. The van der Waals surface area contributed by atoms with Crippen molar-refractivity contribution in [2.24, 2.45) is 0 Å². The van der Waals surface area contributed by atoms with Crippen LogP contribution in [-0.2, 0) is 0 Å². The van der Waals surface area contributed by atoms with Crippen LogP contribution in [0.5, 0.6) is 0 Å². The molecule has 0 bridgehead atoms. The van der Waals surface area contributed by atoms with Gasteiger partial charge in [0.25, 0.3) is 0 Å². The van der Waals surface area contributed by atoms with Crippen molar-refractivity contribution in [2.45, 2.75) is 39.2 Å². The van der Waals surface area contributed by atoms with Gasteiger partial charge < -0.3 is 10.2 Å². The van der Waals surface area contributed by atoms with Gasteiger partial charge in [0.2, 0.25) is 0 Å². The van der Waals surface area contributed by atoms with Crippen LogP contribution in [0.4, 0.5) is 5.69 Å². The highest BCUT2D eigenvalue weighted by Gasteiger charge is 2.16. The maximum Gasteiger partial charge on any atom is 0.106 e. The Morgan fingerprint density at radius 2 is 2.22 bits per heavy atom. The number of anilines is 1. The number of nitrogens with zero attached hydrogens (tertiary/aromatic N) is 2. The van der Waals surface area contributed by atoms with Crippen LogP contribution in [0.15, 0.2) is 16.7 Å². The molecule has 1 aliphatic heterocycles. The van der Waals surface area contributed by atoms with Gasteiger partial charge in [-0.1, -0.05) is 6.92 Å². The van der Waals surface area contributed by atoms with Crippen molar-refractivity contribution in [1.82, 2.24) is 9.88 Å². The number of aromatic nitrogens is 1. The summed E-state index contributed by atoms with van der Waals surface area (Å²) < 4.78 is 0.906. The van der Waals surface area contributed by atoms with Gasteiger partial charge >= 0.3 is 0 Å². The Morgan fingerprint density at radius 3 is 2.94 bits per heavy atom. The van der Waals surface area contributed by atoms with Gasteiger partial charge in [0, 0.05) is 12.6 Å². The number of nitrogens with one attached hydrogen (secondary N) is 1. The van der Waals surface area contributed by atoms with Crippen LogP contribution in [0.3, 0.4) is 0 Å². The standard InChI is InChI=1S/C14H22BrN3/c1-3-18-9-4-5-12(8-10-18)17-13-6-7-14(15)16-11(13)2/h6-7,12,17H,3-5,8-10H2,1-2H3. The second-order valence-corrected chi connectivity index (χ2v) is 5.79. The lowest BCUT2D eigenvalue weighted by Crippen LogP contribution is -2.26. The van der Waals surface area contributed by atoms with Crippen LogP contribution in [0.25, 0.3) is 0 Å². The van der Waals surface area contributed by atoms with Crippen LogP contribution in [0, 0.1) is 6.92 Å². The van der Waals surface area contributed by atoms with Crippen LogP contribution >= 0.6 is 15.9 Å². The Kier molecular flexibility index (Phi) is 5.01. The summed E-state index contributed by atoms with van der Waals surface area (Å²) in [5, 5.41) is 3.65. The molecule has 1 aromatic rings. The zero-order chi connectivity index (χ0) is 13.0. The van der Waals surface area contributed by atoms with E-state index in [1.54, 1.807) is 0 Å². The minimum atomic E-state index is 0.586. The van der Waals surface area contributed by atoms with Crippen molar-refractivity contribution in [3.8, 4) is 0 Å². The summed E-state index contributed by atoms with van der Waals surface area (Å²) in [6, 6.07) is 4.71. The summed E-state index contributed by atoms with van der Waals surface area (Å²) in [5.41, 5.74) is 2.24. The zero-order valence-corrected chi connectivity index (χ0v) is 12.8. The fourth-order valence-electron chi connectivity index (χ4n) is 2.52. The van der Waals surface area contributed by atoms with Gasteiger partial charge in [-0.2, -0.15) is 0 Å². The van der Waals surface area contributed by atoms with Crippen molar-refractivity contribution in [1.29, 1.82) is 0 Å². The number of halogens is 1. The van der Waals surface area contributed by atoms with Crippen molar-refractivity contribution >= 4 is 21.6 Å². The Labute approximate surface area is 118 Å². The van der Waals surface area contributed by atoms with Gasteiger partial charge in [-0.25, -0.2) is 4.98 Å². The fourth-order valence-corrected chi connectivity index (χ4v) is 2.92. The predicted octanol–water partition coefficient (Wildman–Crippen LogP) is 3.44. The molecular formula is C14H22BrN3. The number of aryl methyl sites for hydroxylation is 1. The molecule has 1 saturated heterocycles. The van der Waals surface area contributed by atoms with E-state index in [-0.39, 0.29) is 0 Å². The summed E-state index contributed by atoms with van der Waals surface area (Å²) in [5.74, 6) is 0. The molecule has 0 aliphatic carbocycles. The summed E-state index contributed by atoms with van der Waals surface area (Å²) >= 11 is 3.41. The molecule has 1 unspecified atom stereocenters. The largest absolute Gasteiger partial charge is 0.381 e. The van der Waals surface area contributed by atoms with Gasteiger partial charge in [0.05, 0.1) is 11.4 Å². The first-order chi connectivity index (χ1) is 8.69. The number of rotatable bonds is 3. The number of likely N-dealkylation sites (tertiary alicyclic amines) is 1. The van der Waals surface area contributed by atoms with E-state index in [2.05, 4.69) is 51.0 Å². The van der Waals surface area contributed by atoms with Crippen molar-refractivity contribution in [3.05, 3.63) is 22.4 Å². The van der Waals surface area contributed by atoms with Crippen LogP contribution in [-0.4, -0.2) is 35.6 Å². The first-order valence-corrected chi connectivity index (χ1v) is 7.60. The number of hydrogen-bond donors (Lipinski definition) is 1. The fraction of sp³-hybridized carbons (Fsp3) is 0.643. The molecule has 4 heteroatoms. The van der Waals surface area contributed by atoms with Crippen molar-refractivity contribution in [2.75, 3.05) is 25.0 Å². The van der Waals surface area contributed by atoms with Gasteiger partial charge in [0.1, 0.15) is 4.60 Å². The molecule has 0 spiro atoms. The molecule has 0 saturated carbocycles. The second kappa shape index (κ2) is 6.53. The lowest BCUT2D eigenvalue weighted by molar-refractivity contribution is 0.300. The van der Waals surface area contributed by atoms with Gasteiger partial charge in [-0.3, -0.25) is 0 Å². The summed E-state index contributed by atoms with van der Waals surface area (Å²) in [4.78, 5) is 6.97. The average molecular weight is 312 g/mol. The van der Waals surface area contributed by atoms with E-state index in [1.165, 1.54) is 44.6 Å². The number of hydrogen-bond acceptors (Lipinski definition) is 3. The molecule has 1 N–H and O–H groups in total. The molecule has 100 valence electrons. The van der Waals surface area contributed by atoms with E-state index in [0.717, 1.165) is 10.3 Å². The van der Waals surface area contributed by atoms with Crippen molar-refractivity contribution < 1.29 is 0 Å². The molecule has 2 heterocycles. The van der Waals surface area contributed by atoms with E-state index < -0.39 is 0 Å². The maximum atomic E-state index is 4.44. The lowest BCUT2D eigenvalue weighted by atomic mass is 10.1. The Balaban J connectivity index is 1.96. The van der Waals surface area contributed by atoms with Gasteiger partial charge in [-0.15, -0.1) is 0 Å². The van der Waals surface area contributed by atoms with E-state index >= 15 is 0 Å². The Morgan fingerprint density at radius 1 is 1.39 bits per heavy atom. The van der Waals surface area contributed by atoms with Gasteiger partial charge in [-0.05, 0) is 67.3 Å². The minimum Gasteiger partial charge on any atom is -0.381 e. The molecule has 1 atom stereocenters. The monoisotopic (exact) mass is 311 g/mol. The molecule has 1 fully saturated rings. The predicted molar refractivity (Wildman–Crippen MR) is 80.0 cm³/mol. The first-order valence-electron chi connectivity index (χ1n) is 6.81. The zero-order valence-electron chi connectivity index (χ0n) is 11.2. The van der Waals surface area contributed by atoms with Crippen LogP contribution in [0.2, 0.25) is 0 Å². The SMILES string of the molecule is CCN1CCCC(Nc2ccc(Br)nc2C)CC1. The summed E-state index contributed by atoms with van der Waals surface area (Å²) in [6.45, 7) is 7.92. The van der Waals surface area contributed by atoms with E-state index in [4.69, 9.17) is 0 Å². The maximum absolute atomic E-state index is 4.44. The molecule has 1 aromatic heterocycles. The lowest BCUT2D eigenvalue weighted by Gasteiger charge is -2.20. The summed E-state index contributed by atoms with van der Waals surface area (Å²) in [7, 11) is 0. The molecule has 1 aliphatic rings. The third-order valence-corrected chi connectivity index (χ3v) is 4.12. The van der Waals surface area contributed by atoms with Crippen molar-refractivity contribution in [3.63, 3.8) is 0 Å². The van der Waals surface area contributed by atoms with E-state index in [9.17, 15) is 0 Å². The minimum absolute atomic E-state index is 0.586. The Hall–Kier alpha value is -0.610. The normalized spacial score (nSPS) is 21.6. The molecule has 3 nitrogen and oxygen atoms in total. The number of pyridine rings is 1.